The third kappa shape index (κ3) is 4.75. The van der Waals surface area contributed by atoms with E-state index < -0.39 is 0 Å². The molecule has 0 heterocycles. The Kier molecular flexibility index (Phi) is 5.50. The van der Waals surface area contributed by atoms with E-state index in [2.05, 4.69) is 18.4 Å². The van der Waals surface area contributed by atoms with Crippen molar-refractivity contribution in [1.82, 2.24) is 0 Å². The van der Waals surface area contributed by atoms with E-state index in [0.29, 0.717) is 6.42 Å². The van der Waals surface area contributed by atoms with Crippen molar-refractivity contribution in [1.29, 1.82) is 0 Å². The minimum Gasteiger partial charge on any atom is -0.392 e. The smallest absolute Gasteiger partial charge is 0.0634 e. The maximum atomic E-state index is 9.74. The van der Waals surface area contributed by atoms with Gasteiger partial charge in [0.05, 0.1) is 6.10 Å². The van der Waals surface area contributed by atoms with Gasteiger partial charge in [0.15, 0.2) is 0 Å². The molecule has 0 radical (unpaired) electrons. The monoisotopic (exact) mass is 180 g/mol. The molecule has 1 nitrogen and oxygen atoms in total. The van der Waals surface area contributed by atoms with E-state index in [4.69, 9.17) is 0 Å². The van der Waals surface area contributed by atoms with E-state index >= 15 is 0 Å². The molecule has 0 aromatic carbocycles. The summed E-state index contributed by atoms with van der Waals surface area (Å²) >= 11 is 0. The number of hydrogen-bond donors (Lipinski definition) is 1. The van der Waals surface area contributed by atoms with Gasteiger partial charge in [0.1, 0.15) is 0 Å². The van der Waals surface area contributed by atoms with Crippen LogP contribution in [0, 0.1) is 17.3 Å². The summed E-state index contributed by atoms with van der Waals surface area (Å²) in [6, 6.07) is 0. The third-order valence-electron chi connectivity index (χ3n) is 2.14. The summed E-state index contributed by atoms with van der Waals surface area (Å²) in [4.78, 5) is 0. The standard InChI is InChI=1S/C12H20O/c1-5-7-8-10-12(3,4)11(13)9-6-2/h6,11,13H,2,5,9-10H2,1,3-4H3. The average Bonchev–Trinajstić information content (AvgIpc) is 2.05. The maximum absolute atomic E-state index is 9.74. The fourth-order valence-corrected chi connectivity index (χ4v) is 1.01. The van der Waals surface area contributed by atoms with Gasteiger partial charge in [0, 0.05) is 18.3 Å². The Hall–Kier alpha value is -0.740. The van der Waals surface area contributed by atoms with Crippen LogP contribution in [-0.4, -0.2) is 11.2 Å². The fourth-order valence-electron chi connectivity index (χ4n) is 1.01. The average molecular weight is 180 g/mol. The molecule has 13 heavy (non-hydrogen) atoms. The molecule has 0 aliphatic carbocycles. The predicted octanol–water partition coefficient (Wildman–Crippen LogP) is 2.75. The number of hydrogen-bond acceptors (Lipinski definition) is 1. The van der Waals surface area contributed by atoms with Gasteiger partial charge in [-0.3, -0.25) is 0 Å². The topological polar surface area (TPSA) is 20.2 Å². The van der Waals surface area contributed by atoms with Crippen molar-refractivity contribution < 1.29 is 5.11 Å². The highest BCUT2D eigenvalue weighted by molar-refractivity contribution is 5.02. The maximum Gasteiger partial charge on any atom is 0.0634 e. The largest absolute Gasteiger partial charge is 0.392 e. The zero-order valence-corrected chi connectivity index (χ0v) is 8.93. The van der Waals surface area contributed by atoms with Crippen LogP contribution in [0.15, 0.2) is 12.7 Å². The van der Waals surface area contributed by atoms with E-state index in [1.807, 2.05) is 20.8 Å². The lowest BCUT2D eigenvalue weighted by Gasteiger charge is -2.27. The third-order valence-corrected chi connectivity index (χ3v) is 2.14. The van der Waals surface area contributed by atoms with Crippen LogP contribution in [0.4, 0.5) is 0 Å². The molecule has 1 heteroatoms. The van der Waals surface area contributed by atoms with Crippen molar-refractivity contribution in [3.05, 3.63) is 12.7 Å². The van der Waals surface area contributed by atoms with E-state index in [1.165, 1.54) is 0 Å². The molecule has 0 rings (SSSR count). The first-order valence-electron chi connectivity index (χ1n) is 4.79. The van der Waals surface area contributed by atoms with Gasteiger partial charge in [-0.15, -0.1) is 18.4 Å². The molecule has 0 aromatic heterocycles. The van der Waals surface area contributed by atoms with Gasteiger partial charge < -0.3 is 5.11 Å². The number of aliphatic hydroxyl groups is 1. The molecule has 0 aliphatic heterocycles. The second-order valence-electron chi connectivity index (χ2n) is 3.91. The molecule has 0 spiro atoms. The summed E-state index contributed by atoms with van der Waals surface area (Å²) in [7, 11) is 0. The lowest BCUT2D eigenvalue weighted by molar-refractivity contribution is 0.0564. The Labute approximate surface area is 81.9 Å². The second kappa shape index (κ2) is 5.83. The Morgan fingerprint density at radius 3 is 2.54 bits per heavy atom. The molecule has 0 saturated heterocycles. The van der Waals surface area contributed by atoms with Crippen molar-refractivity contribution in [2.75, 3.05) is 0 Å². The molecule has 0 amide bonds. The van der Waals surface area contributed by atoms with Crippen molar-refractivity contribution in [3.63, 3.8) is 0 Å². The van der Waals surface area contributed by atoms with Gasteiger partial charge in [-0.2, -0.15) is 0 Å². The van der Waals surface area contributed by atoms with Gasteiger partial charge in [-0.05, 0) is 6.42 Å². The van der Waals surface area contributed by atoms with Crippen LogP contribution in [0.3, 0.4) is 0 Å². The van der Waals surface area contributed by atoms with Crippen LogP contribution in [-0.2, 0) is 0 Å². The summed E-state index contributed by atoms with van der Waals surface area (Å²) in [5.74, 6) is 6.08. The quantitative estimate of drug-likeness (QED) is 0.521. The van der Waals surface area contributed by atoms with E-state index in [0.717, 1.165) is 12.8 Å². The highest BCUT2D eigenvalue weighted by Crippen LogP contribution is 2.26. The van der Waals surface area contributed by atoms with E-state index in [-0.39, 0.29) is 11.5 Å². The molecule has 0 aromatic rings. The highest BCUT2D eigenvalue weighted by atomic mass is 16.3. The SMILES string of the molecule is C=CCC(O)C(C)(C)CC#CCC. The fraction of sp³-hybridized carbons (Fsp3) is 0.667. The first-order chi connectivity index (χ1) is 6.04. The van der Waals surface area contributed by atoms with Crippen LogP contribution in [0.1, 0.15) is 40.0 Å². The number of aliphatic hydroxyl groups excluding tert-OH is 1. The molecule has 0 fully saturated rings. The van der Waals surface area contributed by atoms with Crippen LogP contribution in [0.25, 0.3) is 0 Å². The summed E-state index contributed by atoms with van der Waals surface area (Å²) < 4.78 is 0. The summed E-state index contributed by atoms with van der Waals surface area (Å²) in [5.41, 5.74) is -0.129. The summed E-state index contributed by atoms with van der Waals surface area (Å²) in [6.07, 6.45) is 3.68. The molecular formula is C12H20O. The molecule has 0 saturated carbocycles. The Balaban J connectivity index is 4.12. The van der Waals surface area contributed by atoms with E-state index in [9.17, 15) is 5.11 Å². The Morgan fingerprint density at radius 1 is 1.46 bits per heavy atom. The van der Waals surface area contributed by atoms with Gasteiger partial charge >= 0.3 is 0 Å². The second-order valence-corrected chi connectivity index (χ2v) is 3.91. The van der Waals surface area contributed by atoms with Gasteiger partial charge in [-0.25, -0.2) is 0 Å². The van der Waals surface area contributed by atoms with Gasteiger partial charge in [0.2, 0.25) is 0 Å². The Morgan fingerprint density at radius 2 is 2.08 bits per heavy atom. The van der Waals surface area contributed by atoms with Crippen LogP contribution in [0.2, 0.25) is 0 Å². The van der Waals surface area contributed by atoms with E-state index in [1.54, 1.807) is 6.08 Å². The molecule has 1 atom stereocenters. The Bertz CT molecular complexity index is 205. The molecular weight excluding hydrogens is 160 g/mol. The van der Waals surface area contributed by atoms with Crippen LogP contribution in [0.5, 0.6) is 0 Å². The molecule has 74 valence electrons. The summed E-state index contributed by atoms with van der Waals surface area (Å²) in [6.45, 7) is 9.71. The van der Waals surface area contributed by atoms with Gasteiger partial charge in [-0.1, -0.05) is 26.8 Å². The van der Waals surface area contributed by atoms with Crippen molar-refractivity contribution in [2.24, 2.45) is 5.41 Å². The lowest BCUT2D eigenvalue weighted by atomic mass is 9.82. The highest BCUT2D eigenvalue weighted by Gasteiger charge is 2.25. The first-order valence-corrected chi connectivity index (χ1v) is 4.79. The molecule has 1 unspecified atom stereocenters. The molecule has 0 bridgehead atoms. The van der Waals surface area contributed by atoms with Crippen LogP contribution < -0.4 is 0 Å². The zero-order chi connectivity index (χ0) is 10.3. The van der Waals surface area contributed by atoms with Crippen molar-refractivity contribution >= 4 is 0 Å². The van der Waals surface area contributed by atoms with Crippen molar-refractivity contribution in [2.45, 2.75) is 46.1 Å². The minimum absolute atomic E-state index is 0.129. The first kappa shape index (κ1) is 12.3. The number of rotatable bonds is 4. The summed E-state index contributed by atoms with van der Waals surface area (Å²) in [5, 5.41) is 9.74. The zero-order valence-electron chi connectivity index (χ0n) is 8.93. The predicted molar refractivity (Wildman–Crippen MR) is 57.3 cm³/mol. The molecule has 1 N–H and O–H groups in total. The minimum atomic E-state index is -0.337. The van der Waals surface area contributed by atoms with Gasteiger partial charge in [0.25, 0.3) is 0 Å². The van der Waals surface area contributed by atoms with Crippen LogP contribution >= 0.6 is 0 Å². The lowest BCUT2D eigenvalue weighted by Crippen LogP contribution is -2.28. The van der Waals surface area contributed by atoms with Crippen molar-refractivity contribution in [3.8, 4) is 11.8 Å². The molecule has 0 aliphatic rings. The normalized spacial score (nSPS) is 12.9.